The largest absolute Gasteiger partial charge is 0.464 e. The Labute approximate surface area is 125 Å². The first-order valence-electron chi connectivity index (χ1n) is 7.15. The Balaban J connectivity index is 2.11. The minimum Gasteiger partial charge on any atom is -0.464 e. The summed E-state index contributed by atoms with van der Waals surface area (Å²) in [6.45, 7) is 4.70. The van der Waals surface area contributed by atoms with Gasteiger partial charge in [-0.1, -0.05) is 13.0 Å². The van der Waals surface area contributed by atoms with Crippen LogP contribution in [-0.2, 0) is 13.0 Å². The quantitative estimate of drug-likeness (QED) is 0.915. The standard InChI is InChI=1S/C17H22N2O2/c1-5-14-8-9-15(21-14)11-18-16-10-13(7-6-12(16)2)17(20)19(3)4/h6-10,18H,5,11H2,1-4H3. The molecule has 2 aromatic rings. The zero-order valence-corrected chi connectivity index (χ0v) is 13.1. The van der Waals surface area contributed by atoms with Crippen molar-refractivity contribution in [3.63, 3.8) is 0 Å². The van der Waals surface area contributed by atoms with Gasteiger partial charge >= 0.3 is 0 Å². The zero-order valence-electron chi connectivity index (χ0n) is 13.1. The lowest BCUT2D eigenvalue weighted by atomic mass is 10.1. The van der Waals surface area contributed by atoms with Crippen molar-refractivity contribution in [3.8, 4) is 0 Å². The summed E-state index contributed by atoms with van der Waals surface area (Å²) >= 11 is 0. The van der Waals surface area contributed by atoms with E-state index in [0.717, 1.165) is 29.2 Å². The summed E-state index contributed by atoms with van der Waals surface area (Å²) in [4.78, 5) is 13.6. The van der Waals surface area contributed by atoms with Gasteiger partial charge in [0.2, 0.25) is 0 Å². The van der Waals surface area contributed by atoms with Crippen molar-refractivity contribution in [2.24, 2.45) is 0 Å². The van der Waals surface area contributed by atoms with Gasteiger partial charge in [-0.3, -0.25) is 4.79 Å². The average molecular weight is 286 g/mol. The van der Waals surface area contributed by atoms with Crippen molar-refractivity contribution in [1.82, 2.24) is 4.90 Å². The Hall–Kier alpha value is -2.23. The second-order valence-electron chi connectivity index (χ2n) is 5.30. The van der Waals surface area contributed by atoms with Crippen molar-refractivity contribution < 1.29 is 9.21 Å². The number of furan rings is 1. The van der Waals surface area contributed by atoms with Crippen molar-refractivity contribution in [3.05, 3.63) is 53.0 Å². The van der Waals surface area contributed by atoms with Gasteiger partial charge in [-0.25, -0.2) is 0 Å². The van der Waals surface area contributed by atoms with E-state index in [4.69, 9.17) is 4.42 Å². The molecule has 1 aromatic heterocycles. The summed E-state index contributed by atoms with van der Waals surface area (Å²) < 4.78 is 5.67. The SMILES string of the molecule is CCc1ccc(CNc2cc(C(=O)N(C)C)ccc2C)o1. The minimum atomic E-state index is 0.00400. The maximum absolute atomic E-state index is 12.0. The molecule has 1 N–H and O–H groups in total. The fourth-order valence-electron chi connectivity index (χ4n) is 2.09. The van der Waals surface area contributed by atoms with Gasteiger partial charge in [0.05, 0.1) is 6.54 Å². The lowest BCUT2D eigenvalue weighted by molar-refractivity contribution is 0.0827. The highest BCUT2D eigenvalue weighted by molar-refractivity contribution is 5.95. The van der Waals surface area contributed by atoms with E-state index in [1.165, 1.54) is 0 Å². The molecule has 1 heterocycles. The maximum Gasteiger partial charge on any atom is 0.253 e. The van der Waals surface area contributed by atoms with Crippen LogP contribution < -0.4 is 5.32 Å². The normalized spacial score (nSPS) is 10.5. The van der Waals surface area contributed by atoms with Crippen LogP contribution >= 0.6 is 0 Å². The van der Waals surface area contributed by atoms with E-state index in [-0.39, 0.29) is 5.91 Å². The molecule has 0 aliphatic carbocycles. The summed E-state index contributed by atoms with van der Waals surface area (Å²) in [5.41, 5.74) is 2.74. The molecule has 0 saturated heterocycles. The number of hydrogen-bond acceptors (Lipinski definition) is 3. The molecular weight excluding hydrogens is 264 g/mol. The lowest BCUT2D eigenvalue weighted by Gasteiger charge is -2.13. The Morgan fingerprint density at radius 1 is 1.19 bits per heavy atom. The molecule has 21 heavy (non-hydrogen) atoms. The molecule has 0 aliphatic heterocycles. The third kappa shape index (κ3) is 3.66. The molecule has 1 amide bonds. The summed E-state index contributed by atoms with van der Waals surface area (Å²) in [6.07, 6.45) is 0.895. The summed E-state index contributed by atoms with van der Waals surface area (Å²) in [5.74, 6) is 1.89. The van der Waals surface area contributed by atoms with Crippen LogP contribution in [0, 0.1) is 6.92 Å². The van der Waals surface area contributed by atoms with Crippen LogP contribution in [0.15, 0.2) is 34.7 Å². The molecule has 112 valence electrons. The number of benzene rings is 1. The minimum absolute atomic E-state index is 0.00400. The predicted molar refractivity (Wildman–Crippen MR) is 84.6 cm³/mol. The monoisotopic (exact) mass is 286 g/mol. The lowest BCUT2D eigenvalue weighted by Crippen LogP contribution is -2.21. The number of amides is 1. The average Bonchev–Trinajstić information content (AvgIpc) is 2.93. The summed E-state index contributed by atoms with van der Waals surface area (Å²) in [5, 5.41) is 3.34. The van der Waals surface area contributed by atoms with Crippen LogP contribution in [-0.4, -0.2) is 24.9 Å². The number of aryl methyl sites for hydroxylation is 2. The Morgan fingerprint density at radius 2 is 1.90 bits per heavy atom. The van der Waals surface area contributed by atoms with Crippen LogP contribution in [0.1, 0.15) is 34.4 Å². The summed E-state index contributed by atoms with van der Waals surface area (Å²) in [6, 6.07) is 9.68. The van der Waals surface area contributed by atoms with Gasteiger partial charge in [0.15, 0.2) is 0 Å². The van der Waals surface area contributed by atoms with Gasteiger partial charge in [0.1, 0.15) is 11.5 Å². The Bertz CT molecular complexity index is 629. The fourth-order valence-corrected chi connectivity index (χ4v) is 2.09. The predicted octanol–water partition coefficient (Wildman–Crippen LogP) is 3.46. The molecular formula is C17H22N2O2. The molecule has 0 unspecified atom stereocenters. The van der Waals surface area contributed by atoms with Gasteiger partial charge in [-0.05, 0) is 36.8 Å². The number of rotatable bonds is 5. The number of hydrogen-bond donors (Lipinski definition) is 1. The van der Waals surface area contributed by atoms with Crippen LogP contribution in [0.2, 0.25) is 0 Å². The maximum atomic E-state index is 12.0. The molecule has 0 aliphatic rings. The molecule has 4 heteroatoms. The van der Waals surface area contributed by atoms with E-state index in [9.17, 15) is 4.79 Å². The highest BCUT2D eigenvalue weighted by Crippen LogP contribution is 2.19. The van der Waals surface area contributed by atoms with Crippen molar-refractivity contribution in [2.45, 2.75) is 26.8 Å². The first kappa shape index (κ1) is 15.2. The highest BCUT2D eigenvalue weighted by Gasteiger charge is 2.10. The van der Waals surface area contributed by atoms with Crippen molar-refractivity contribution in [2.75, 3.05) is 19.4 Å². The number of carbonyl (C=O) groups excluding carboxylic acids is 1. The molecule has 0 atom stereocenters. The van der Waals surface area contributed by atoms with Crippen molar-refractivity contribution >= 4 is 11.6 Å². The van der Waals surface area contributed by atoms with Crippen LogP contribution in [0.3, 0.4) is 0 Å². The number of nitrogens with zero attached hydrogens (tertiary/aromatic N) is 1. The van der Waals surface area contributed by atoms with Crippen molar-refractivity contribution in [1.29, 1.82) is 0 Å². The molecule has 0 saturated carbocycles. The number of anilines is 1. The topological polar surface area (TPSA) is 45.5 Å². The highest BCUT2D eigenvalue weighted by atomic mass is 16.3. The molecule has 0 radical (unpaired) electrons. The van der Waals surface area contributed by atoms with E-state index >= 15 is 0 Å². The van der Waals surface area contributed by atoms with Crippen LogP contribution in [0.4, 0.5) is 5.69 Å². The molecule has 0 bridgehead atoms. The van der Waals surface area contributed by atoms with Crippen LogP contribution in [0.25, 0.3) is 0 Å². The molecule has 2 rings (SSSR count). The van der Waals surface area contributed by atoms with Gasteiger partial charge in [-0.2, -0.15) is 0 Å². The smallest absolute Gasteiger partial charge is 0.253 e. The molecule has 1 aromatic carbocycles. The van der Waals surface area contributed by atoms with E-state index in [1.54, 1.807) is 19.0 Å². The molecule has 0 fully saturated rings. The van der Waals surface area contributed by atoms with Gasteiger partial charge in [0.25, 0.3) is 5.91 Å². The Kier molecular flexibility index (Phi) is 4.68. The molecule has 4 nitrogen and oxygen atoms in total. The van der Waals surface area contributed by atoms with E-state index in [1.807, 2.05) is 37.3 Å². The number of nitrogens with one attached hydrogen (secondary N) is 1. The number of carbonyl (C=O) groups is 1. The van der Waals surface area contributed by atoms with Gasteiger partial charge < -0.3 is 14.6 Å². The van der Waals surface area contributed by atoms with Crippen LogP contribution in [0.5, 0.6) is 0 Å². The third-order valence-corrected chi connectivity index (χ3v) is 3.41. The molecule has 0 spiro atoms. The third-order valence-electron chi connectivity index (χ3n) is 3.41. The second-order valence-corrected chi connectivity index (χ2v) is 5.30. The van der Waals surface area contributed by atoms with Gasteiger partial charge in [0, 0.05) is 31.8 Å². The summed E-state index contributed by atoms with van der Waals surface area (Å²) in [7, 11) is 3.51. The Morgan fingerprint density at radius 3 is 2.52 bits per heavy atom. The van der Waals surface area contributed by atoms with Gasteiger partial charge in [-0.15, -0.1) is 0 Å². The van der Waals surface area contributed by atoms with E-state index in [0.29, 0.717) is 12.1 Å². The first-order valence-corrected chi connectivity index (χ1v) is 7.15. The van der Waals surface area contributed by atoms with E-state index in [2.05, 4.69) is 12.2 Å². The van der Waals surface area contributed by atoms with E-state index < -0.39 is 0 Å². The first-order chi connectivity index (χ1) is 10.0. The second kappa shape index (κ2) is 6.48. The fraction of sp³-hybridized carbons (Fsp3) is 0.353. The zero-order chi connectivity index (χ0) is 15.4.